The Morgan fingerprint density at radius 2 is 1.84 bits per heavy atom. The molecular weight excluding hydrogens is 413 g/mol. The van der Waals surface area contributed by atoms with Gasteiger partial charge in [0.25, 0.3) is 5.56 Å². The second kappa shape index (κ2) is 8.27. The predicted octanol–water partition coefficient (Wildman–Crippen LogP) is 3.25. The first kappa shape index (κ1) is 20.5. The second-order valence-electron chi connectivity index (χ2n) is 8.08. The molecule has 0 saturated carbocycles. The number of aromatic nitrogens is 1. The van der Waals surface area contributed by atoms with E-state index in [-0.39, 0.29) is 23.4 Å². The van der Waals surface area contributed by atoms with Crippen LogP contribution >= 0.6 is 0 Å². The number of nitrogens with one attached hydrogen (secondary N) is 1. The summed E-state index contributed by atoms with van der Waals surface area (Å²) < 4.78 is 27.2. The first-order chi connectivity index (χ1) is 15.5. The van der Waals surface area contributed by atoms with Crippen molar-refractivity contribution in [1.29, 1.82) is 0 Å². The maximum atomic E-state index is 14.6. The number of anilines is 1. The molecule has 1 N–H and O–H groups in total. The number of rotatable bonds is 7. The molecular formula is C24H24FN3O4. The molecule has 0 unspecified atom stereocenters. The highest BCUT2D eigenvalue weighted by atomic mass is 19.1. The Labute approximate surface area is 184 Å². The van der Waals surface area contributed by atoms with Gasteiger partial charge in [-0.1, -0.05) is 0 Å². The fraction of sp³-hybridized carbons (Fsp3) is 0.333. The number of carbonyl (C=O) groups is 1. The van der Waals surface area contributed by atoms with Gasteiger partial charge in [-0.15, -0.1) is 0 Å². The van der Waals surface area contributed by atoms with E-state index in [9.17, 15) is 14.0 Å². The van der Waals surface area contributed by atoms with Gasteiger partial charge in [0, 0.05) is 42.9 Å². The molecule has 32 heavy (non-hydrogen) atoms. The molecule has 1 fully saturated rings. The first-order valence-corrected chi connectivity index (χ1v) is 10.8. The van der Waals surface area contributed by atoms with Crippen molar-refractivity contribution in [3.63, 3.8) is 0 Å². The van der Waals surface area contributed by atoms with E-state index in [0.29, 0.717) is 43.9 Å². The third-order valence-electron chi connectivity index (χ3n) is 6.04. The Morgan fingerprint density at radius 3 is 2.62 bits per heavy atom. The van der Waals surface area contributed by atoms with Crippen LogP contribution in [0.15, 0.2) is 53.3 Å². The Balaban J connectivity index is 1.22. The fourth-order valence-electron chi connectivity index (χ4n) is 4.59. The van der Waals surface area contributed by atoms with Crippen molar-refractivity contribution in [2.75, 3.05) is 31.1 Å². The summed E-state index contributed by atoms with van der Waals surface area (Å²) in [6, 6.07) is 13.7. The summed E-state index contributed by atoms with van der Waals surface area (Å²) in [6.45, 7) is 4.28. The Hall–Kier alpha value is -3.39. The van der Waals surface area contributed by atoms with Crippen LogP contribution in [0, 0.1) is 5.82 Å². The van der Waals surface area contributed by atoms with Crippen LogP contribution in [-0.4, -0.2) is 43.0 Å². The number of nitrogens with zero attached hydrogens (tertiary/aromatic N) is 2. The van der Waals surface area contributed by atoms with E-state index < -0.39 is 6.09 Å². The summed E-state index contributed by atoms with van der Waals surface area (Å²) in [5.41, 5.74) is 1.88. The number of carbonyl (C=O) groups excluding carboxylic acids is 1. The lowest BCUT2D eigenvalue weighted by Gasteiger charge is -2.15. The second-order valence-corrected chi connectivity index (χ2v) is 8.08. The molecule has 1 amide bonds. The van der Waals surface area contributed by atoms with E-state index in [2.05, 4.69) is 5.32 Å². The van der Waals surface area contributed by atoms with Crippen LogP contribution in [0.2, 0.25) is 0 Å². The largest absolute Gasteiger partial charge is 0.494 e. The fourth-order valence-corrected chi connectivity index (χ4v) is 4.59. The third-order valence-corrected chi connectivity index (χ3v) is 6.04. The normalized spacial score (nSPS) is 19.6. The van der Waals surface area contributed by atoms with Crippen molar-refractivity contribution >= 4 is 22.7 Å². The molecule has 0 bridgehead atoms. The highest BCUT2D eigenvalue weighted by Gasteiger charge is 2.33. The Morgan fingerprint density at radius 1 is 1.06 bits per heavy atom. The Bertz CT molecular complexity index is 1220. The minimum absolute atomic E-state index is 0.123. The highest BCUT2D eigenvalue weighted by molar-refractivity contribution is 5.89. The average molecular weight is 437 g/mol. The van der Waals surface area contributed by atoms with Crippen molar-refractivity contribution in [1.82, 2.24) is 9.88 Å². The molecule has 3 aromatic rings. The first-order valence-electron chi connectivity index (χ1n) is 10.8. The SMILES string of the molecule is CCOc1ccc(N2C[C@@H](CNC[C@@H]3Cn4c(=O)ccc5ccc(F)c3c54)OC2=O)cc1. The molecule has 3 heterocycles. The van der Waals surface area contributed by atoms with Crippen molar-refractivity contribution in [2.45, 2.75) is 25.5 Å². The molecule has 2 atom stereocenters. The van der Waals surface area contributed by atoms with Crippen LogP contribution < -0.4 is 20.5 Å². The molecule has 5 rings (SSSR count). The third kappa shape index (κ3) is 3.60. The topological polar surface area (TPSA) is 72.8 Å². The zero-order valence-electron chi connectivity index (χ0n) is 17.7. The Kier molecular flexibility index (Phi) is 5.30. The van der Waals surface area contributed by atoms with Gasteiger partial charge in [-0.2, -0.15) is 0 Å². The van der Waals surface area contributed by atoms with Gasteiger partial charge in [-0.3, -0.25) is 9.69 Å². The number of hydrogen-bond donors (Lipinski definition) is 1. The van der Waals surface area contributed by atoms with Gasteiger partial charge in [-0.25, -0.2) is 9.18 Å². The van der Waals surface area contributed by atoms with Crippen molar-refractivity contribution in [2.24, 2.45) is 0 Å². The summed E-state index contributed by atoms with van der Waals surface area (Å²) in [5.74, 6) is 0.296. The molecule has 7 nitrogen and oxygen atoms in total. The van der Waals surface area contributed by atoms with Gasteiger partial charge < -0.3 is 19.4 Å². The standard InChI is InChI=1S/C24H24FN3O4/c1-2-31-18-7-5-17(6-8-18)27-14-19(32-24(27)30)12-26-11-16-13-28-21(29)10-4-15-3-9-20(25)22(16)23(15)28/h3-10,16,19,26H,2,11-14H2,1H3/t16-,19-/m1/s1. The van der Waals surface area contributed by atoms with Gasteiger partial charge in [0.05, 0.1) is 18.7 Å². The van der Waals surface area contributed by atoms with E-state index in [0.717, 1.165) is 16.8 Å². The molecule has 0 aliphatic carbocycles. The van der Waals surface area contributed by atoms with Crippen LogP contribution in [-0.2, 0) is 11.3 Å². The number of hydrogen-bond acceptors (Lipinski definition) is 5. The number of pyridine rings is 1. The van der Waals surface area contributed by atoms with Crippen molar-refractivity contribution in [3.8, 4) is 5.75 Å². The number of benzene rings is 2. The van der Waals surface area contributed by atoms with E-state index >= 15 is 0 Å². The lowest BCUT2D eigenvalue weighted by Crippen LogP contribution is -2.33. The molecule has 0 spiro atoms. The van der Waals surface area contributed by atoms with E-state index in [1.165, 1.54) is 12.1 Å². The van der Waals surface area contributed by atoms with Crippen molar-refractivity contribution in [3.05, 3.63) is 70.3 Å². The van der Waals surface area contributed by atoms with Gasteiger partial charge in [0.15, 0.2) is 0 Å². The minimum Gasteiger partial charge on any atom is -0.494 e. The monoisotopic (exact) mass is 437 g/mol. The van der Waals surface area contributed by atoms with Gasteiger partial charge in [0.1, 0.15) is 17.7 Å². The minimum atomic E-state index is -0.392. The van der Waals surface area contributed by atoms with E-state index in [4.69, 9.17) is 9.47 Å². The van der Waals surface area contributed by atoms with Crippen LogP contribution in [0.1, 0.15) is 18.4 Å². The summed E-state index contributed by atoms with van der Waals surface area (Å²) in [7, 11) is 0. The lowest BCUT2D eigenvalue weighted by molar-refractivity contribution is 0.140. The summed E-state index contributed by atoms with van der Waals surface area (Å²) in [5, 5.41) is 4.17. The van der Waals surface area contributed by atoms with E-state index in [1.54, 1.807) is 21.6 Å². The molecule has 2 aromatic carbocycles. The zero-order valence-corrected chi connectivity index (χ0v) is 17.7. The van der Waals surface area contributed by atoms with Crippen LogP contribution in [0.5, 0.6) is 5.75 Å². The molecule has 8 heteroatoms. The summed E-state index contributed by atoms with van der Waals surface area (Å²) in [6.07, 6.45) is -0.710. The van der Waals surface area contributed by atoms with Gasteiger partial charge >= 0.3 is 6.09 Å². The molecule has 0 radical (unpaired) electrons. The number of cyclic esters (lactones) is 1. The molecule has 166 valence electrons. The molecule has 1 aromatic heterocycles. The lowest BCUT2D eigenvalue weighted by atomic mass is 9.99. The molecule has 1 saturated heterocycles. The highest BCUT2D eigenvalue weighted by Crippen LogP contribution is 2.34. The summed E-state index contributed by atoms with van der Waals surface area (Å²) in [4.78, 5) is 26.2. The number of ether oxygens (including phenoxy) is 2. The predicted molar refractivity (Wildman–Crippen MR) is 119 cm³/mol. The maximum Gasteiger partial charge on any atom is 0.414 e. The molecule has 2 aliphatic rings. The van der Waals surface area contributed by atoms with Crippen LogP contribution in [0.3, 0.4) is 0 Å². The van der Waals surface area contributed by atoms with Gasteiger partial charge in [0.2, 0.25) is 0 Å². The number of halogens is 1. The van der Waals surface area contributed by atoms with Crippen molar-refractivity contribution < 1.29 is 18.7 Å². The summed E-state index contributed by atoms with van der Waals surface area (Å²) >= 11 is 0. The van der Waals surface area contributed by atoms with Gasteiger partial charge in [-0.05, 0) is 54.8 Å². The van der Waals surface area contributed by atoms with Crippen LogP contribution in [0.4, 0.5) is 14.9 Å². The number of amides is 1. The maximum absolute atomic E-state index is 14.6. The van der Waals surface area contributed by atoms with Crippen LogP contribution in [0.25, 0.3) is 10.9 Å². The quantitative estimate of drug-likeness (QED) is 0.614. The zero-order chi connectivity index (χ0) is 22.2. The van der Waals surface area contributed by atoms with E-state index in [1.807, 2.05) is 31.2 Å². The average Bonchev–Trinajstić information content (AvgIpc) is 3.36. The molecule has 2 aliphatic heterocycles. The smallest absolute Gasteiger partial charge is 0.414 e.